The fourth-order valence-electron chi connectivity index (χ4n) is 8.86. The first-order valence-corrected chi connectivity index (χ1v) is 19.5. The van der Waals surface area contributed by atoms with Crippen LogP contribution in [-0.2, 0) is 6.42 Å². The second-order valence-corrected chi connectivity index (χ2v) is 14.8. The van der Waals surface area contributed by atoms with E-state index in [-0.39, 0.29) is 5.92 Å². The zero-order valence-electron chi connectivity index (χ0n) is 30.8. The van der Waals surface area contributed by atoms with Crippen molar-refractivity contribution in [2.24, 2.45) is 0 Å². The highest BCUT2D eigenvalue weighted by Crippen LogP contribution is 2.37. The van der Waals surface area contributed by atoms with Gasteiger partial charge < -0.3 is 4.57 Å². The average Bonchev–Trinajstić information content (AvgIpc) is 3.40. The third-order valence-corrected chi connectivity index (χ3v) is 11.6. The third-order valence-electron chi connectivity index (χ3n) is 11.6. The van der Waals surface area contributed by atoms with E-state index >= 15 is 0 Å². The van der Waals surface area contributed by atoms with E-state index in [0.717, 1.165) is 45.9 Å². The summed E-state index contributed by atoms with van der Waals surface area (Å²) in [6, 6.07) is 52.6. The highest BCUT2D eigenvalue weighted by Gasteiger charge is 2.19. The molecule has 0 saturated heterocycles. The van der Waals surface area contributed by atoms with Crippen LogP contribution in [0, 0.1) is 0 Å². The predicted molar refractivity (Wildman–Crippen MR) is 235 cm³/mol. The summed E-state index contributed by atoms with van der Waals surface area (Å²) in [4.78, 5) is 10.3. The van der Waals surface area contributed by atoms with Gasteiger partial charge in [0.25, 0.3) is 0 Å². The van der Waals surface area contributed by atoms with Crippen molar-refractivity contribution in [1.29, 1.82) is 0 Å². The number of nitrogens with zero attached hydrogens (tertiary/aromatic N) is 3. The minimum atomic E-state index is 0.0956. The quantitative estimate of drug-likeness (QED) is 0.166. The molecule has 0 radical (unpaired) electrons. The van der Waals surface area contributed by atoms with Crippen molar-refractivity contribution in [2.45, 2.75) is 18.8 Å². The number of fused-ring (bicyclic) bond motifs is 9. The molecule has 2 aliphatic rings. The maximum absolute atomic E-state index is 5.27. The number of para-hydroxylation sites is 1. The van der Waals surface area contributed by atoms with Crippen LogP contribution < -0.4 is 0 Å². The Bertz CT molecular complexity index is 3100. The minimum Gasteiger partial charge on any atom is -0.313 e. The summed E-state index contributed by atoms with van der Waals surface area (Å²) >= 11 is 0. The van der Waals surface area contributed by atoms with Crippen LogP contribution in [0.2, 0.25) is 0 Å². The van der Waals surface area contributed by atoms with E-state index in [4.69, 9.17) is 9.97 Å². The highest BCUT2D eigenvalue weighted by molar-refractivity contribution is 6.23. The summed E-state index contributed by atoms with van der Waals surface area (Å²) in [5.74, 6) is 0.0956. The molecular formula is C53H37N3. The lowest BCUT2D eigenvalue weighted by atomic mass is 9.92. The molecule has 0 N–H and O–H groups in total. The van der Waals surface area contributed by atoms with Crippen molar-refractivity contribution in [3.8, 4) is 28.1 Å². The van der Waals surface area contributed by atoms with E-state index in [9.17, 15) is 0 Å². The molecule has 2 aromatic heterocycles. The molecule has 3 nitrogen and oxygen atoms in total. The molecule has 1 unspecified atom stereocenters. The molecule has 0 aliphatic heterocycles. The van der Waals surface area contributed by atoms with Crippen molar-refractivity contribution < 1.29 is 0 Å². The molecule has 0 saturated carbocycles. The van der Waals surface area contributed by atoms with Crippen molar-refractivity contribution in [1.82, 2.24) is 14.5 Å². The number of hydrogen-bond acceptors (Lipinski definition) is 2. The van der Waals surface area contributed by atoms with Crippen LogP contribution in [0.4, 0.5) is 0 Å². The molecule has 7 aromatic carbocycles. The molecule has 0 amide bonds. The summed E-state index contributed by atoms with van der Waals surface area (Å²) in [5.41, 5.74) is 15.1. The first kappa shape index (κ1) is 32.3. The van der Waals surface area contributed by atoms with Gasteiger partial charge in [-0.25, -0.2) is 4.98 Å². The minimum absolute atomic E-state index is 0.0956. The molecule has 9 aromatic rings. The standard InChI is InChI=1S/C53H37N3/c1-2-14-38(40-17-12-18-41(33-40)49-34-54-52-47-23-5-3-19-43(47)44-20-4-6-24-48(44)53(52)55-49)32-37(13-1)39-16-11-15-36(31-39)35-27-29-42(30-28-35)56-50-25-9-7-21-45(50)46-22-8-10-26-51(46)56/h1-9,11-25,27-34,38H,10,26H2. The van der Waals surface area contributed by atoms with E-state index in [1.165, 1.54) is 66.4 Å². The molecule has 2 heterocycles. The monoisotopic (exact) mass is 715 g/mol. The van der Waals surface area contributed by atoms with Crippen LogP contribution >= 0.6 is 0 Å². The SMILES string of the molecule is C1=CC(c2cccc(-c3ccc(-n4c5c(c6ccccc64)C=CCC5)cc3)c2)=CC(c2cccc(-c3cnc4c5ccccc5c5ccccc5c4n3)c2)C=C1. The normalized spacial score (nSPS) is 15.1. The van der Waals surface area contributed by atoms with E-state index < -0.39 is 0 Å². The van der Waals surface area contributed by atoms with Crippen LogP contribution in [-0.4, -0.2) is 14.5 Å². The van der Waals surface area contributed by atoms with E-state index in [1.54, 1.807) is 0 Å². The average molecular weight is 716 g/mol. The van der Waals surface area contributed by atoms with Crippen LogP contribution in [0.5, 0.6) is 0 Å². The second-order valence-electron chi connectivity index (χ2n) is 14.8. The van der Waals surface area contributed by atoms with E-state index in [1.807, 2.05) is 6.20 Å². The Labute approximate surface area is 325 Å². The Morgan fingerprint density at radius 2 is 1.27 bits per heavy atom. The smallest absolute Gasteiger partial charge is 0.0979 e. The second kappa shape index (κ2) is 13.3. The largest absolute Gasteiger partial charge is 0.313 e. The zero-order chi connectivity index (χ0) is 37.0. The van der Waals surface area contributed by atoms with Gasteiger partial charge in [-0.2, -0.15) is 0 Å². The lowest BCUT2D eigenvalue weighted by Gasteiger charge is -2.15. The molecule has 56 heavy (non-hydrogen) atoms. The molecule has 2 aliphatic carbocycles. The van der Waals surface area contributed by atoms with Crippen LogP contribution in [0.1, 0.15) is 34.7 Å². The Morgan fingerprint density at radius 3 is 2.11 bits per heavy atom. The first-order chi connectivity index (χ1) is 27.8. The molecule has 1 atom stereocenters. The van der Waals surface area contributed by atoms with Crippen molar-refractivity contribution in [2.75, 3.05) is 0 Å². The summed E-state index contributed by atoms with van der Waals surface area (Å²) in [7, 11) is 0. The molecule has 0 fully saturated rings. The number of allylic oxidation sites excluding steroid dienone is 7. The highest BCUT2D eigenvalue weighted by atomic mass is 15.0. The van der Waals surface area contributed by atoms with Crippen molar-refractivity contribution in [3.63, 3.8) is 0 Å². The lowest BCUT2D eigenvalue weighted by Crippen LogP contribution is -2.02. The molecule has 0 bridgehead atoms. The van der Waals surface area contributed by atoms with Gasteiger partial charge >= 0.3 is 0 Å². The van der Waals surface area contributed by atoms with Crippen LogP contribution in [0.3, 0.4) is 0 Å². The van der Waals surface area contributed by atoms with E-state index in [0.29, 0.717) is 0 Å². The number of aromatic nitrogens is 3. The Morgan fingerprint density at radius 1 is 0.554 bits per heavy atom. The number of hydrogen-bond donors (Lipinski definition) is 0. The maximum Gasteiger partial charge on any atom is 0.0979 e. The van der Waals surface area contributed by atoms with Gasteiger partial charge in [0.1, 0.15) is 0 Å². The fraction of sp³-hybridized carbons (Fsp3) is 0.0566. The van der Waals surface area contributed by atoms with Gasteiger partial charge in [0, 0.05) is 44.6 Å². The van der Waals surface area contributed by atoms with Crippen molar-refractivity contribution in [3.05, 3.63) is 211 Å². The van der Waals surface area contributed by atoms with Gasteiger partial charge in [0.15, 0.2) is 0 Å². The molecule has 11 rings (SSSR count). The number of benzene rings is 7. The topological polar surface area (TPSA) is 30.7 Å². The molecule has 0 spiro atoms. The Balaban J connectivity index is 0.914. The van der Waals surface area contributed by atoms with Gasteiger partial charge in [-0.3, -0.25) is 4.98 Å². The van der Waals surface area contributed by atoms with Crippen molar-refractivity contribution >= 4 is 55.1 Å². The van der Waals surface area contributed by atoms with Crippen LogP contribution in [0.25, 0.3) is 83.2 Å². The van der Waals surface area contributed by atoms with Gasteiger partial charge in [-0.05, 0) is 81.8 Å². The summed E-state index contributed by atoms with van der Waals surface area (Å²) in [5, 5.41) is 5.99. The Hall–Kier alpha value is -7.10. The first-order valence-electron chi connectivity index (χ1n) is 19.5. The zero-order valence-corrected chi connectivity index (χ0v) is 30.8. The van der Waals surface area contributed by atoms with Gasteiger partial charge in [-0.15, -0.1) is 0 Å². The molecular weight excluding hydrogens is 679 g/mol. The molecule has 3 heteroatoms. The lowest BCUT2D eigenvalue weighted by molar-refractivity contribution is 0.888. The summed E-state index contributed by atoms with van der Waals surface area (Å²) < 4.78 is 2.45. The predicted octanol–water partition coefficient (Wildman–Crippen LogP) is 13.5. The van der Waals surface area contributed by atoms with Crippen LogP contribution in [0.15, 0.2) is 188 Å². The Kier molecular flexibility index (Phi) is 7.70. The van der Waals surface area contributed by atoms with Gasteiger partial charge in [-0.1, -0.05) is 158 Å². The molecule has 264 valence electrons. The third kappa shape index (κ3) is 5.43. The van der Waals surface area contributed by atoms with E-state index in [2.05, 4.69) is 193 Å². The number of rotatable bonds is 5. The summed E-state index contributed by atoms with van der Waals surface area (Å²) in [6.45, 7) is 0. The summed E-state index contributed by atoms with van der Waals surface area (Å²) in [6.07, 6.45) is 19.8. The van der Waals surface area contributed by atoms with Gasteiger partial charge in [0.05, 0.1) is 28.4 Å². The maximum atomic E-state index is 5.27. The fourth-order valence-corrected chi connectivity index (χ4v) is 8.86. The van der Waals surface area contributed by atoms with Gasteiger partial charge in [0.2, 0.25) is 0 Å².